The van der Waals surface area contributed by atoms with E-state index in [9.17, 15) is 4.79 Å². The highest BCUT2D eigenvalue weighted by molar-refractivity contribution is 6.14. The van der Waals surface area contributed by atoms with E-state index in [4.69, 9.17) is 9.68 Å². The Kier molecular flexibility index (Phi) is 3.62. The number of carbonyl (C=O) groups excluding carboxylic acids is 1. The normalized spacial score (nSPS) is 12.4. The molecule has 3 heterocycles. The van der Waals surface area contributed by atoms with E-state index in [1.807, 2.05) is 24.3 Å². The molecule has 1 N–H and O–H groups in total. The first-order chi connectivity index (χ1) is 12.6. The number of rotatable bonds is 3. The van der Waals surface area contributed by atoms with Crippen molar-refractivity contribution in [3.05, 3.63) is 64.6 Å². The largest absolute Gasteiger partial charge is 0.442 e. The molecule has 0 bridgehead atoms. The van der Waals surface area contributed by atoms with Crippen LogP contribution in [0.5, 0.6) is 0 Å². The van der Waals surface area contributed by atoms with Crippen LogP contribution in [0.2, 0.25) is 0 Å². The summed E-state index contributed by atoms with van der Waals surface area (Å²) in [5, 5.41) is 16.0. The Labute approximate surface area is 148 Å². The predicted molar refractivity (Wildman–Crippen MR) is 92.9 cm³/mol. The van der Waals surface area contributed by atoms with Crippen LogP contribution in [0.25, 0.3) is 0 Å². The molecular formula is C18H14N6O2. The van der Waals surface area contributed by atoms with Crippen molar-refractivity contribution in [2.24, 2.45) is 12.0 Å². The van der Waals surface area contributed by atoms with Crippen LogP contribution in [0, 0.1) is 18.3 Å². The van der Waals surface area contributed by atoms with E-state index in [0.29, 0.717) is 29.2 Å². The lowest BCUT2D eigenvalue weighted by molar-refractivity contribution is 0.101. The Morgan fingerprint density at radius 3 is 2.96 bits per heavy atom. The van der Waals surface area contributed by atoms with Crippen molar-refractivity contribution in [1.29, 1.82) is 5.26 Å². The minimum atomic E-state index is -0.324. The summed E-state index contributed by atoms with van der Waals surface area (Å²) >= 11 is 0. The van der Waals surface area contributed by atoms with Gasteiger partial charge in [0, 0.05) is 23.9 Å². The van der Waals surface area contributed by atoms with Crippen molar-refractivity contribution in [2.75, 3.05) is 5.32 Å². The standard InChI is InChI=1S/C18H14N6O2/c1-10-14(6-19)23-24(2)17(10)18(25)22-12-4-3-11-7-21-16(13(11)5-12)15-8-20-9-26-15/h3-5,8-9H,7H2,1-2H3,(H,22,25). The molecule has 0 saturated carbocycles. The number of hydrogen-bond acceptors (Lipinski definition) is 6. The molecule has 0 atom stereocenters. The van der Waals surface area contributed by atoms with Gasteiger partial charge in [-0.3, -0.25) is 14.5 Å². The first-order valence-electron chi connectivity index (χ1n) is 7.90. The Morgan fingerprint density at radius 2 is 2.27 bits per heavy atom. The molecule has 26 heavy (non-hydrogen) atoms. The van der Waals surface area contributed by atoms with E-state index in [1.54, 1.807) is 20.2 Å². The van der Waals surface area contributed by atoms with Crippen LogP contribution in [-0.2, 0) is 13.6 Å². The number of aromatic nitrogens is 3. The van der Waals surface area contributed by atoms with Gasteiger partial charge >= 0.3 is 0 Å². The summed E-state index contributed by atoms with van der Waals surface area (Å²) in [4.78, 5) is 21.1. The quantitative estimate of drug-likeness (QED) is 0.782. The highest BCUT2D eigenvalue weighted by Crippen LogP contribution is 2.26. The fourth-order valence-corrected chi connectivity index (χ4v) is 3.05. The average molecular weight is 346 g/mol. The van der Waals surface area contributed by atoms with Gasteiger partial charge in [0.15, 0.2) is 17.8 Å². The molecule has 0 unspecified atom stereocenters. The van der Waals surface area contributed by atoms with Crippen LogP contribution in [0.3, 0.4) is 0 Å². The third kappa shape index (κ3) is 2.46. The van der Waals surface area contributed by atoms with Crippen LogP contribution in [-0.4, -0.2) is 26.4 Å². The predicted octanol–water partition coefficient (Wildman–Crippen LogP) is 2.19. The number of nitrogens with zero attached hydrogens (tertiary/aromatic N) is 5. The molecule has 1 aromatic carbocycles. The minimum Gasteiger partial charge on any atom is -0.442 e. The fraction of sp³-hybridized carbons (Fsp3) is 0.167. The van der Waals surface area contributed by atoms with E-state index < -0.39 is 0 Å². The smallest absolute Gasteiger partial charge is 0.274 e. The van der Waals surface area contributed by atoms with Gasteiger partial charge in [-0.25, -0.2) is 4.98 Å². The van der Waals surface area contributed by atoms with Crippen molar-refractivity contribution in [2.45, 2.75) is 13.5 Å². The zero-order valence-electron chi connectivity index (χ0n) is 14.1. The minimum absolute atomic E-state index is 0.242. The molecular weight excluding hydrogens is 332 g/mol. The Bertz CT molecular complexity index is 1090. The van der Waals surface area contributed by atoms with Gasteiger partial charge in [-0.15, -0.1) is 0 Å². The number of nitriles is 1. The van der Waals surface area contributed by atoms with Gasteiger partial charge in [-0.05, 0) is 24.6 Å². The highest BCUT2D eigenvalue weighted by atomic mass is 16.3. The number of aliphatic imine (C=N–C) groups is 1. The zero-order valence-corrected chi connectivity index (χ0v) is 14.1. The highest BCUT2D eigenvalue weighted by Gasteiger charge is 2.22. The first kappa shape index (κ1) is 15.8. The second-order valence-electron chi connectivity index (χ2n) is 5.91. The summed E-state index contributed by atoms with van der Waals surface area (Å²) in [5.74, 6) is 0.267. The summed E-state index contributed by atoms with van der Waals surface area (Å²) < 4.78 is 6.75. The number of nitrogens with one attached hydrogen (secondary N) is 1. The molecule has 128 valence electrons. The molecule has 1 amide bonds. The lowest BCUT2D eigenvalue weighted by atomic mass is 10.0. The monoisotopic (exact) mass is 346 g/mol. The van der Waals surface area contributed by atoms with Crippen molar-refractivity contribution in [3.8, 4) is 6.07 Å². The van der Waals surface area contributed by atoms with Crippen LogP contribution >= 0.6 is 0 Å². The molecule has 0 radical (unpaired) electrons. The van der Waals surface area contributed by atoms with Crippen molar-refractivity contribution < 1.29 is 9.21 Å². The molecule has 4 rings (SSSR count). The van der Waals surface area contributed by atoms with Gasteiger partial charge in [0.25, 0.3) is 5.91 Å². The molecule has 0 spiro atoms. The van der Waals surface area contributed by atoms with Gasteiger partial charge in [-0.2, -0.15) is 10.4 Å². The summed E-state index contributed by atoms with van der Waals surface area (Å²) in [6.07, 6.45) is 2.97. The number of amides is 1. The molecule has 3 aromatic rings. The van der Waals surface area contributed by atoms with Crippen molar-refractivity contribution in [1.82, 2.24) is 14.8 Å². The summed E-state index contributed by atoms with van der Waals surface area (Å²) in [7, 11) is 1.64. The third-order valence-electron chi connectivity index (χ3n) is 4.30. The number of fused-ring (bicyclic) bond motifs is 1. The lowest BCUT2D eigenvalue weighted by Crippen LogP contribution is -2.17. The van der Waals surface area contributed by atoms with Crippen LogP contribution in [0.1, 0.15) is 38.6 Å². The van der Waals surface area contributed by atoms with Crippen LogP contribution < -0.4 is 5.32 Å². The van der Waals surface area contributed by atoms with Gasteiger partial charge in [0.1, 0.15) is 17.5 Å². The maximum Gasteiger partial charge on any atom is 0.274 e. The number of carbonyl (C=O) groups is 1. The Hall–Kier alpha value is -3.73. The van der Waals surface area contributed by atoms with E-state index in [1.165, 1.54) is 11.1 Å². The number of benzene rings is 1. The zero-order chi connectivity index (χ0) is 18.3. The Morgan fingerprint density at radius 1 is 1.42 bits per heavy atom. The molecule has 0 aliphatic carbocycles. The maximum absolute atomic E-state index is 12.7. The summed E-state index contributed by atoms with van der Waals surface area (Å²) in [5.41, 5.74) is 4.45. The number of oxazole rings is 1. The van der Waals surface area contributed by atoms with E-state index >= 15 is 0 Å². The maximum atomic E-state index is 12.7. The van der Waals surface area contributed by atoms with Crippen molar-refractivity contribution in [3.63, 3.8) is 0 Å². The average Bonchev–Trinajstić information content (AvgIpc) is 3.33. The number of anilines is 1. The van der Waals surface area contributed by atoms with Gasteiger partial charge in [0.2, 0.25) is 0 Å². The molecule has 8 nitrogen and oxygen atoms in total. The van der Waals surface area contributed by atoms with Gasteiger partial charge in [0.05, 0.1) is 12.7 Å². The SMILES string of the molecule is Cc1c(C#N)nn(C)c1C(=O)Nc1ccc2c(c1)C(c1cnco1)=NC2. The van der Waals surface area contributed by atoms with Crippen molar-refractivity contribution >= 4 is 17.3 Å². The fourth-order valence-electron chi connectivity index (χ4n) is 3.05. The summed E-state index contributed by atoms with van der Waals surface area (Å²) in [6.45, 7) is 2.27. The van der Waals surface area contributed by atoms with Gasteiger partial charge < -0.3 is 9.73 Å². The Balaban J connectivity index is 1.64. The number of hydrogen-bond donors (Lipinski definition) is 1. The van der Waals surface area contributed by atoms with Gasteiger partial charge in [-0.1, -0.05) is 6.07 Å². The second kappa shape index (κ2) is 5.97. The topological polar surface area (TPSA) is 109 Å². The molecule has 0 fully saturated rings. The molecule has 8 heteroatoms. The third-order valence-corrected chi connectivity index (χ3v) is 4.30. The first-order valence-corrected chi connectivity index (χ1v) is 7.90. The summed E-state index contributed by atoms with van der Waals surface area (Å²) in [6, 6.07) is 7.60. The van der Waals surface area contributed by atoms with E-state index in [-0.39, 0.29) is 11.6 Å². The van der Waals surface area contributed by atoms with Crippen LogP contribution in [0.4, 0.5) is 5.69 Å². The number of aryl methyl sites for hydroxylation is 1. The molecule has 2 aromatic heterocycles. The molecule has 1 aliphatic heterocycles. The molecule has 0 saturated heterocycles. The second-order valence-corrected chi connectivity index (χ2v) is 5.91. The molecule has 1 aliphatic rings. The van der Waals surface area contributed by atoms with E-state index in [2.05, 4.69) is 20.4 Å². The lowest BCUT2D eigenvalue weighted by Gasteiger charge is -2.09. The van der Waals surface area contributed by atoms with Crippen LogP contribution in [0.15, 0.2) is 40.2 Å². The van der Waals surface area contributed by atoms with E-state index in [0.717, 1.165) is 16.8 Å².